The van der Waals surface area contributed by atoms with Crippen LogP contribution < -0.4 is 10.2 Å². The van der Waals surface area contributed by atoms with E-state index in [9.17, 15) is 0 Å². The monoisotopic (exact) mass is 265 g/mol. The van der Waals surface area contributed by atoms with Crippen LogP contribution in [-0.4, -0.2) is 31.2 Å². The van der Waals surface area contributed by atoms with Crippen LogP contribution in [0.1, 0.15) is 0 Å². The first kappa shape index (κ1) is 11.9. The highest BCUT2D eigenvalue weighted by atomic mass is 15.2. The largest absolute Gasteiger partial charge is 0.370 e. The maximum Gasteiger partial charge on any atom is 0.0559 e. The normalized spacial score (nSPS) is 24.9. The van der Waals surface area contributed by atoms with E-state index in [1.165, 1.54) is 29.9 Å². The fourth-order valence-electron chi connectivity index (χ4n) is 3.46. The summed E-state index contributed by atoms with van der Waals surface area (Å²) in [6.45, 7) is 4.68. The van der Waals surface area contributed by atoms with Crippen LogP contribution in [0.4, 0.5) is 5.69 Å². The summed E-state index contributed by atoms with van der Waals surface area (Å²) in [5, 5.41) is 3.49. The Labute approximate surface area is 119 Å². The highest BCUT2D eigenvalue weighted by Crippen LogP contribution is 2.31. The van der Waals surface area contributed by atoms with Gasteiger partial charge in [-0.2, -0.15) is 0 Å². The number of anilines is 1. The van der Waals surface area contributed by atoms with Gasteiger partial charge in [0.05, 0.1) is 11.9 Å². The van der Waals surface area contributed by atoms with E-state index < -0.39 is 0 Å². The van der Waals surface area contributed by atoms with E-state index >= 15 is 0 Å². The average Bonchev–Trinajstić information content (AvgIpc) is 3.10. The number of fused-ring (bicyclic) bond motifs is 1. The molecule has 0 spiro atoms. The number of nitrogens with zero attached hydrogens (tertiary/aromatic N) is 2. The molecule has 3 heteroatoms. The molecule has 0 saturated carbocycles. The van der Waals surface area contributed by atoms with Crippen molar-refractivity contribution in [3.05, 3.63) is 48.8 Å². The molecule has 0 bridgehead atoms. The summed E-state index contributed by atoms with van der Waals surface area (Å²) in [5.74, 6) is 1.63. The number of aromatic nitrogens is 1. The van der Waals surface area contributed by atoms with Gasteiger partial charge in [0.15, 0.2) is 0 Å². The van der Waals surface area contributed by atoms with Crippen molar-refractivity contribution < 1.29 is 0 Å². The van der Waals surface area contributed by atoms with E-state index in [0.29, 0.717) is 0 Å². The Morgan fingerprint density at radius 2 is 1.70 bits per heavy atom. The van der Waals surface area contributed by atoms with E-state index in [2.05, 4.69) is 51.6 Å². The SMILES string of the molecule is c1ccc(-c2cncc(N3CC4CNCC4C3)c2)cc1. The quantitative estimate of drug-likeness (QED) is 0.904. The number of hydrogen-bond donors (Lipinski definition) is 1. The van der Waals surface area contributed by atoms with Crippen LogP contribution in [0.3, 0.4) is 0 Å². The highest BCUT2D eigenvalue weighted by molar-refractivity contribution is 5.67. The van der Waals surface area contributed by atoms with Crippen LogP contribution in [0.25, 0.3) is 11.1 Å². The molecular formula is C17H19N3. The third kappa shape index (κ3) is 2.08. The molecule has 1 aromatic heterocycles. The zero-order chi connectivity index (χ0) is 13.4. The van der Waals surface area contributed by atoms with E-state index in [1.807, 2.05) is 12.4 Å². The molecule has 2 saturated heterocycles. The highest BCUT2D eigenvalue weighted by Gasteiger charge is 2.36. The van der Waals surface area contributed by atoms with Crippen molar-refractivity contribution >= 4 is 5.69 Å². The molecule has 2 aliphatic rings. The third-order valence-electron chi connectivity index (χ3n) is 4.59. The Morgan fingerprint density at radius 3 is 2.45 bits per heavy atom. The minimum Gasteiger partial charge on any atom is -0.370 e. The minimum absolute atomic E-state index is 0.815. The lowest BCUT2D eigenvalue weighted by atomic mass is 10.0. The van der Waals surface area contributed by atoms with Gasteiger partial charge in [-0.15, -0.1) is 0 Å². The maximum atomic E-state index is 4.44. The molecule has 2 aliphatic heterocycles. The number of pyridine rings is 1. The summed E-state index contributed by atoms with van der Waals surface area (Å²) in [6, 6.07) is 12.8. The summed E-state index contributed by atoms with van der Waals surface area (Å²) < 4.78 is 0. The smallest absolute Gasteiger partial charge is 0.0559 e. The summed E-state index contributed by atoms with van der Waals surface area (Å²) in [7, 11) is 0. The lowest BCUT2D eigenvalue weighted by molar-refractivity contribution is 0.533. The first-order valence-corrected chi connectivity index (χ1v) is 7.36. The topological polar surface area (TPSA) is 28.2 Å². The van der Waals surface area contributed by atoms with Crippen LogP contribution in [0.5, 0.6) is 0 Å². The van der Waals surface area contributed by atoms with Crippen LogP contribution in [-0.2, 0) is 0 Å². The lowest BCUT2D eigenvalue weighted by Crippen LogP contribution is -2.25. The van der Waals surface area contributed by atoms with Crippen LogP contribution in [0.2, 0.25) is 0 Å². The van der Waals surface area contributed by atoms with Gasteiger partial charge in [0.1, 0.15) is 0 Å². The zero-order valence-corrected chi connectivity index (χ0v) is 11.5. The van der Waals surface area contributed by atoms with Gasteiger partial charge in [-0.3, -0.25) is 4.98 Å². The summed E-state index contributed by atoms with van der Waals surface area (Å²) >= 11 is 0. The van der Waals surface area contributed by atoms with Crippen molar-refractivity contribution in [3.63, 3.8) is 0 Å². The molecule has 4 rings (SSSR count). The number of rotatable bonds is 2. The molecule has 3 nitrogen and oxygen atoms in total. The van der Waals surface area contributed by atoms with Crippen molar-refractivity contribution in [2.24, 2.45) is 11.8 Å². The molecule has 1 N–H and O–H groups in total. The van der Waals surface area contributed by atoms with Crippen molar-refractivity contribution in [2.75, 3.05) is 31.1 Å². The van der Waals surface area contributed by atoms with E-state index in [-0.39, 0.29) is 0 Å². The van der Waals surface area contributed by atoms with Gasteiger partial charge in [0.2, 0.25) is 0 Å². The molecule has 0 amide bonds. The Morgan fingerprint density at radius 1 is 0.950 bits per heavy atom. The van der Waals surface area contributed by atoms with E-state index in [4.69, 9.17) is 0 Å². The average molecular weight is 265 g/mol. The molecule has 1 aromatic carbocycles. The molecule has 0 aliphatic carbocycles. The fourth-order valence-corrected chi connectivity index (χ4v) is 3.46. The lowest BCUT2D eigenvalue weighted by Gasteiger charge is -2.20. The molecular weight excluding hydrogens is 246 g/mol. The standard InChI is InChI=1S/C17H19N3/c1-2-4-13(5-3-1)14-6-17(10-19-7-14)20-11-15-8-18-9-16(15)12-20/h1-7,10,15-16,18H,8-9,11-12H2. The van der Waals surface area contributed by atoms with E-state index in [0.717, 1.165) is 24.9 Å². The second-order valence-electron chi connectivity index (χ2n) is 5.88. The molecule has 2 aromatic rings. The third-order valence-corrected chi connectivity index (χ3v) is 4.59. The van der Waals surface area contributed by atoms with Crippen LogP contribution in [0.15, 0.2) is 48.8 Å². The van der Waals surface area contributed by atoms with Gasteiger partial charge in [0, 0.05) is 37.9 Å². The molecule has 2 fully saturated rings. The Kier molecular flexibility index (Phi) is 2.92. The zero-order valence-electron chi connectivity index (χ0n) is 11.5. The number of nitrogens with one attached hydrogen (secondary N) is 1. The van der Waals surface area contributed by atoms with Gasteiger partial charge >= 0.3 is 0 Å². The fraction of sp³-hybridized carbons (Fsp3) is 0.353. The van der Waals surface area contributed by atoms with Gasteiger partial charge < -0.3 is 10.2 Å². The summed E-state index contributed by atoms with van der Waals surface area (Å²) in [6.07, 6.45) is 3.96. The Balaban J connectivity index is 1.61. The van der Waals surface area contributed by atoms with Crippen molar-refractivity contribution in [3.8, 4) is 11.1 Å². The molecule has 0 radical (unpaired) electrons. The number of benzene rings is 1. The summed E-state index contributed by atoms with van der Waals surface area (Å²) in [4.78, 5) is 6.94. The maximum absolute atomic E-state index is 4.44. The summed E-state index contributed by atoms with van der Waals surface area (Å²) in [5.41, 5.74) is 3.71. The first-order valence-electron chi connectivity index (χ1n) is 7.36. The van der Waals surface area contributed by atoms with Crippen LogP contribution in [0, 0.1) is 11.8 Å². The number of hydrogen-bond acceptors (Lipinski definition) is 3. The van der Waals surface area contributed by atoms with Gasteiger partial charge in [-0.05, 0) is 23.5 Å². The molecule has 102 valence electrons. The van der Waals surface area contributed by atoms with Crippen LogP contribution >= 0.6 is 0 Å². The first-order chi connectivity index (χ1) is 9.90. The molecule has 20 heavy (non-hydrogen) atoms. The minimum atomic E-state index is 0.815. The Bertz CT molecular complexity index is 584. The van der Waals surface area contributed by atoms with Crippen molar-refractivity contribution in [2.45, 2.75) is 0 Å². The molecule has 3 heterocycles. The van der Waals surface area contributed by atoms with Gasteiger partial charge in [-0.1, -0.05) is 30.3 Å². The molecule has 2 atom stereocenters. The predicted octanol–water partition coefficient (Wildman–Crippen LogP) is 2.40. The second-order valence-corrected chi connectivity index (χ2v) is 5.88. The van der Waals surface area contributed by atoms with E-state index in [1.54, 1.807) is 0 Å². The van der Waals surface area contributed by atoms with Gasteiger partial charge in [-0.25, -0.2) is 0 Å². The predicted molar refractivity (Wildman–Crippen MR) is 81.7 cm³/mol. The second kappa shape index (κ2) is 4.91. The van der Waals surface area contributed by atoms with Gasteiger partial charge in [0.25, 0.3) is 0 Å². The van der Waals surface area contributed by atoms with Crippen molar-refractivity contribution in [1.29, 1.82) is 0 Å². The molecule has 2 unspecified atom stereocenters. The van der Waals surface area contributed by atoms with Crippen molar-refractivity contribution in [1.82, 2.24) is 10.3 Å². The Hall–Kier alpha value is -1.87.